The summed E-state index contributed by atoms with van der Waals surface area (Å²) in [6.45, 7) is 3.81. The smallest absolute Gasteiger partial charge is 0.409 e. The van der Waals surface area contributed by atoms with Crippen molar-refractivity contribution in [1.82, 2.24) is 4.90 Å². The van der Waals surface area contributed by atoms with Crippen molar-refractivity contribution < 1.29 is 23.5 Å². The van der Waals surface area contributed by atoms with Crippen molar-refractivity contribution in [2.24, 2.45) is 0 Å². The molecule has 4 rings (SSSR count). The normalized spacial score (nSPS) is 14.0. The van der Waals surface area contributed by atoms with Gasteiger partial charge < -0.3 is 24.1 Å². The number of para-hydroxylation sites is 1. The molecule has 0 unspecified atom stereocenters. The third-order valence-corrected chi connectivity index (χ3v) is 5.73. The van der Waals surface area contributed by atoms with Gasteiger partial charge in [0.05, 0.1) is 6.61 Å². The number of furan rings is 1. The van der Waals surface area contributed by atoms with Crippen LogP contribution in [0.15, 0.2) is 71.1 Å². The second-order valence-corrected chi connectivity index (χ2v) is 8.28. The highest BCUT2D eigenvalue weighted by atomic mass is 16.6. The zero-order chi connectivity index (χ0) is 23.8. The lowest BCUT2D eigenvalue weighted by atomic mass is 10.1. The Labute approximate surface area is 199 Å². The van der Waals surface area contributed by atoms with Gasteiger partial charge in [-0.05, 0) is 55.0 Å². The Kier molecular flexibility index (Phi) is 7.86. The summed E-state index contributed by atoms with van der Waals surface area (Å²) >= 11 is 0. The van der Waals surface area contributed by atoms with Crippen LogP contribution in [0.25, 0.3) is 11.3 Å². The van der Waals surface area contributed by atoms with Gasteiger partial charge in [-0.2, -0.15) is 0 Å². The molecule has 0 bridgehead atoms. The minimum atomic E-state index is -0.294. The molecule has 178 valence electrons. The Bertz CT molecular complexity index is 1070. The minimum Gasteiger partial charge on any atom is -0.490 e. The van der Waals surface area contributed by atoms with Crippen molar-refractivity contribution >= 4 is 17.7 Å². The average Bonchev–Trinajstić information content (AvgIpc) is 3.36. The van der Waals surface area contributed by atoms with E-state index in [0.29, 0.717) is 31.1 Å². The van der Waals surface area contributed by atoms with Gasteiger partial charge in [0.25, 0.3) is 5.91 Å². The van der Waals surface area contributed by atoms with E-state index in [1.807, 2.05) is 54.6 Å². The Morgan fingerprint density at radius 1 is 1.00 bits per heavy atom. The van der Waals surface area contributed by atoms with Crippen LogP contribution in [0.1, 0.15) is 43.2 Å². The van der Waals surface area contributed by atoms with E-state index in [2.05, 4.69) is 12.2 Å². The van der Waals surface area contributed by atoms with Crippen molar-refractivity contribution in [1.29, 1.82) is 0 Å². The molecule has 1 saturated heterocycles. The predicted octanol–water partition coefficient (Wildman–Crippen LogP) is 5.98. The molecule has 2 heterocycles. The summed E-state index contributed by atoms with van der Waals surface area (Å²) in [6.07, 6.45) is 3.26. The molecule has 7 heteroatoms. The fourth-order valence-electron chi connectivity index (χ4n) is 3.77. The fourth-order valence-corrected chi connectivity index (χ4v) is 3.77. The van der Waals surface area contributed by atoms with Gasteiger partial charge in [-0.3, -0.25) is 4.79 Å². The first-order valence-electron chi connectivity index (χ1n) is 11.8. The van der Waals surface area contributed by atoms with Gasteiger partial charge in [0.15, 0.2) is 5.76 Å². The summed E-state index contributed by atoms with van der Waals surface area (Å²) in [4.78, 5) is 26.2. The van der Waals surface area contributed by atoms with Crippen LogP contribution in [-0.4, -0.2) is 42.7 Å². The lowest BCUT2D eigenvalue weighted by molar-refractivity contribution is 0.0670. The number of ether oxygens (including phenoxy) is 2. The summed E-state index contributed by atoms with van der Waals surface area (Å²) in [7, 11) is 0. The van der Waals surface area contributed by atoms with E-state index in [1.165, 1.54) is 0 Å². The molecule has 0 aliphatic carbocycles. The molecule has 0 radical (unpaired) electrons. The van der Waals surface area contributed by atoms with E-state index >= 15 is 0 Å². The Morgan fingerprint density at radius 3 is 2.44 bits per heavy atom. The van der Waals surface area contributed by atoms with E-state index in [0.717, 1.165) is 37.0 Å². The van der Waals surface area contributed by atoms with E-state index < -0.39 is 0 Å². The average molecular weight is 463 g/mol. The van der Waals surface area contributed by atoms with E-state index in [9.17, 15) is 9.59 Å². The molecule has 0 spiro atoms. The van der Waals surface area contributed by atoms with Crippen molar-refractivity contribution in [2.45, 2.75) is 38.7 Å². The van der Waals surface area contributed by atoms with E-state index in [-0.39, 0.29) is 23.9 Å². The van der Waals surface area contributed by atoms with Crippen LogP contribution in [0.5, 0.6) is 5.75 Å². The molecule has 3 aromatic rings. The van der Waals surface area contributed by atoms with Crippen LogP contribution in [0.4, 0.5) is 10.5 Å². The third-order valence-electron chi connectivity index (χ3n) is 5.73. The Balaban J connectivity index is 1.27. The number of anilines is 1. The molecule has 1 fully saturated rings. The van der Waals surface area contributed by atoms with Crippen LogP contribution in [0, 0.1) is 0 Å². The molecule has 7 nitrogen and oxygen atoms in total. The highest BCUT2D eigenvalue weighted by Gasteiger charge is 2.25. The molecular weight excluding hydrogens is 432 g/mol. The van der Waals surface area contributed by atoms with Gasteiger partial charge in [0.2, 0.25) is 0 Å². The standard InChI is InChI=1S/C27H30N2O5/c1-2-3-19-32-27(31)29-17-15-23(16-18-29)33-22-11-9-20(10-12-22)24-13-14-25(34-24)26(30)28-21-7-5-4-6-8-21/h4-14,23H,2-3,15-19H2,1H3,(H,28,30). The maximum absolute atomic E-state index is 12.4. The number of nitrogens with one attached hydrogen (secondary N) is 1. The molecule has 1 aliphatic heterocycles. The molecule has 1 aliphatic rings. The number of likely N-dealkylation sites (tertiary alicyclic amines) is 1. The number of amides is 2. The lowest BCUT2D eigenvalue weighted by Crippen LogP contribution is -2.42. The lowest BCUT2D eigenvalue weighted by Gasteiger charge is -2.31. The van der Waals surface area contributed by atoms with Crippen LogP contribution < -0.4 is 10.1 Å². The molecule has 34 heavy (non-hydrogen) atoms. The van der Waals surface area contributed by atoms with Crippen molar-refractivity contribution in [3.63, 3.8) is 0 Å². The second-order valence-electron chi connectivity index (χ2n) is 8.28. The SMILES string of the molecule is CCCCOC(=O)N1CCC(Oc2ccc(-c3ccc(C(=O)Nc4ccccc4)o3)cc2)CC1. The molecule has 1 aromatic heterocycles. The molecule has 2 amide bonds. The molecule has 0 atom stereocenters. The molecule has 0 saturated carbocycles. The summed E-state index contributed by atoms with van der Waals surface area (Å²) in [6, 6.07) is 20.3. The molecule has 2 aromatic carbocycles. The summed E-state index contributed by atoms with van der Waals surface area (Å²) in [5.74, 6) is 1.33. The number of benzene rings is 2. The van der Waals surface area contributed by atoms with E-state index in [1.54, 1.807) is 17.0 Å². The maximum atomic E-state index is 12.4. The molecule has 1 N–H and O–H groups in total. The monoisotopic (exact) mass is 462 g/mol. The van der Waals surface area contributed by atoms with Gasteiger partial charge in [0, 0.05) is 37.2 Å². The number of hydrogen-bond donors (Lipinski definition) is 1. The van der Waals surface area contributed by atoms with Crippen LogP contribution in [-0.2, 0) is 4.74 Å². The van der Waals surface area contributed by atoms with Gasteiger partial charge in [-0.1, -0.05) is 31.5 Å². The summed E-state index contributed by atoms with van der Waals surface area (Å²) in [5, 5.41) is 2.82. The number of hydrogen-bond acceptors (Lipinski definition) is 5. The first-order chi connectivity index (χ1) is 16.6. The first-order valence-corrected chi connectivity index (χ1v) is 11.8. The number of nitrogens with zero attached hydrogens (tertiary/aromatic N) is 1. The maximum Gasteiger partial charge on any atom is 0.409 e. The Morgan fingerprint density at radius 2 is 1.74 bits per heavy atom. The van der Waals surface area contributed by atoms with Gasteiger partial charge in [-0.25, -0.2) is 4.79 Å². The Hall–Kier alpha value is -3.74. The first kappa shape index (κ1) is 23.4. The van der Waals surface area contributed by atoms with Crippen LogP contribution >= 0.6 is 0 Å². The fraction of sp³-hybridized carbons (Fsp3) is 0.333. The van der Waals surface area contributed by atoms with Crippen LogP contribution in [0.2, 0.25) is 0 Å². The second kappa shape index (κ2) is 11.4. The van der Waals surface area contributed by atoms with Crippen molar-refractivity contribution in [2.75, 3.05) is 25.0 Å². The van der Waals surface area contributed by atoms with Crippen LogP contribution in [0.3, 0.4) is 0 Å². The highest BCUT2D eigenvalue weighted by Crippen LogP contribution is 2.26. The van der Waals surface area contributed by atoms with E-state index in [4.69, 9.17) is 13.9 Å². The number of unbranched alkanes of at least 4 members (excludes halogenated alkanes) is 1. The highest BCUT2D eigenvalue weighted by molar-refractivity contribution is 6.02. The third kappa shape index (κ3) is 6.19. The van der Waals surface area contributed by atoms with Gasteiger partial charge >= 0.3 is 6.09 Å². The van der Waals surface area contributed by atoms with Crippen molar-refractivity contribution in [3.05, 3.63) is 72.5 Å². The number of rotatable bonds is 8. The minimum absolute atomic E-state index is 0.0578. The number of carbonyl (C=O) groups excluding carboxylic acids is 2. The van der Waals surface area contributed by atoms with Gasteiger partial charge in [-0.15, -0.1) is 0 Å². The zero-order valence-corrected chi connectivity index (χ0v) is 19.4. The summed E-state index contributed by atoms with van der Waals surface area (Å²) < 4.78 is 17.2. The topological polar surface area (TPSA) is 81.0 Å². The van der Waals surface area contributed by atoms with Gasteiger partial charge in [0.1, 0.15) is 17.6 Å². The summed E-state index contributed by atoms with van der Waals surface area (Å²) in [5.41, 5.74) is 1.57. The zero-order valence-electron chi connectivity index (χ0n) is 19.4. The number of piperidine rings is 1. The predicted molar refractivity (Wildman–Crippen MR) is 130 cm³/mol. The van der Waals surface area contributed by atoms with Crippen molar-refractivity contribution in [3.8, 4) is 17.1 Å². The quantitative estimate of drug-likeness (QED) is 0.417. The number of carbonyl (C=O) groups is 2. The molecular formula is C27H30N2O5. The largest absolute Gasteiger partial charge is 0.490 e.